The van der Waals surface area contributed by atoms with Crippen LogP contribution < -0.4 is 0 Å². The van der Waals surface area contributed by atoms with E-state index in [1.54, 1.807) is 0 Å². The fourth-order valence-corrected chi connectivity index (χ4v) is 3.98. The van der Waals surface area contributed by atoms with E-state index in [1.165, 1.54) is 96.3 Å². The second-order valence-electron chi connectivity index (χ2n) is 9.19. The van der Waals surface area contributed by atoms with E-state index in [0.29, 0.717) is 25.0 Å². The molecular weight excluding hydrogens is 360 g/mol. The molecule has 0 rings (SSSR count). The predicted molar refractivity (Wildman–Crippen MR) is 124 cm³/mol. The SMILES string of the molecule is CCCCCCCCCCCCCCCCCCCC(=O)CC[C@H](C)CC(=O)O. The van der Waals surface area contributed by atoms with Crippen LogP contribution in [-0.2, 0) is 9.59 Å². The number of carbonyl (C=O) groups excluding carboxylic acids is 1. The molecule has 0 bridgehead atoms. The number of hydrogen-bond acceptors (Lipinski definition) is 2. The molecule has 0 fully saturated rings. The van der Waals surface area contributed by atoms with Crippen LogP contribution >= 0.6 is 0 Å². The fourth-order valence-electron chi connectivity index (χ4n) is 3.98. The van der Waals surface area contributed by atoms with Crippen LogP contribution in [0.15, 0.2) is 0 Å². The standard InChI is InChI=1S/C26H50O3/c1-3-4-5-6-7-8-9-10-11-12-13-14-15-16-17-18-19-20-25(27)22-21-24(2)23-26(28)29/h24H,3-23H2,1-2H3,(H,28,29)/t24-/m0/s1. The molecule has 0 aromatic heterocycles. The number of carboxylic acids is 1. The maximum Gasteiger partial charge on any atom is 0.303 e. The molecule has 0 heterocycles. The summed E-state index contributed by atoms with van der Waals surface area (Å²) in [6.07, 6.45) is 25.1. The molecule has 1 N–H and O–H groups in total. The number of carbonyl (C=O) groups is 2. The minimum atomic E-state index is -0.766. The lowest BCUT2D eigenvalue weighted by atomic mass is 9.98. The third-order valence-corrected chi connectivity index (χ3v) is 6.00. The molecule has 3 heteroatoms. The number of unbranched alkanes of at least 4 members (excludes halogenated alkanes) is 16. The summed E-state index contributed by atoms with van der Waals surface area (Å²) in [6, 6.07) is 0. The highest BCUT2D eigenvalue weighted by atomic mass is 16.4. The lowest BCUT2D eigenvalue weighted by Gasteiger charge is -2.07. The van der Waals surface area contributed by atoms with E-state index in [1.807, 2.05) is 6.92 Å². The van der Waals surface area contributed by atoms with Crippen molar-refractivity contribution in [2.75, 3.05) is 0 Å². The van der Waals surface area contributed by atoms with Gasteiger partial charge in [0.15, 0.2) is 0 Å². The fraction of sp³-hybridized carbons (Fsp3) is 0.923. The smallest absolute Gasteiger partial charge is 0.303 e. The molecule has 0 aliphatic rings. The van der Waals surface area contributed by atoms with Crippen molar-refractivity contribution in [3.63, 3.8) is 0 Å². The van der Waals surface area contributed by atoms with Crippen LogP contribution in [0, 0.1) is 5.92 Å². The molecular formula is C26H50O3. The molecule has 172 valence electrons. The molecule has 0 saturated heterocycles. The summed E-state index contributed by atoms with van der Waals surface area (Å²) in [5.74, 6) is -0.353. The van der Waals surface area contributed by atoms with Gasteiger partial charge in [0, 0.05) is 19.3 Å². The normalized spacial score (nSPS) is 12.2. The number of carboxylic acid groups (broad SMARTS) is 1. The van der Waals surface area contributed by atoms with Crippen molar-refractivity contribution < 1.29 is 14.7 Å². The van der Waals surface area contributed by atoms with Crippen molar-refractivity contribution in [1.29, 1.82) is 0 Å². The van der Waals surface area contributed by atoms with Gasteiger partial charge in [0.25, 0.3) is 0 Å². The first kappa shape index (κ1) is 28.1. The summed E-state index contributed by atoms with van der Waals surface area (Å²) in [6.45, 7) is 4.19. The predicted octanol–water partition coefficient (Wildman–Crippen LogP) is 8.49. The van der Waals surface area contributed by atoms with Crippen molar-refractivity contribution >= 4 is 11.8 Å². The van der Waals surface area contributed by atoms with Crippen molar-refractivity contribution in [3.05, 3.63) is 0 Å². The number of ketones is 1. The van der Waals surface area contributed by atoms with E-state index in [-0.39, 0.29) is 12.3 Å². The first-order valence-electron chi connectivity index (χ1n) is 12.8. The van der Waals surface area contributed by atoms with Crippen LogP contribution in [-0.4, -0.2) is 16.9 Å². The zero-order chi connectivity index (χ0) is 21.6. The van der Waals surface area contributed by atoms with Gasteiger partial charge in [0.1, 0.15) is 5.78 Å². The monoisotopic (exact) mass is 410 g/mol. The summed E-state index contributed by atoms with van der Waals surface area (Å²) in [5, 5.41) is 8.73. The molecule has 3 nitrogen and oxygen atoms in total. The molecule has 0 unspecified atom stereocenters. The summed E-state index contributed by atoms with van der Waals surface area (Å²) in [5.41, 5.74) is 0. The molecule has 0 aliphatic carbocycles. The molecule has 0 radical (unpaired) electrons. The third kappa shape index (κ3) is 23.3. The highest BCUT2D eigenvalue weighted by Gasteiger charge is 2.10. The van der Waals surface area contributed by atoms with Gasteiger partial charge in [-0.3, -0.25) is 9.59 Å². The zero-order valence-electron chi connectivity index (χ0n) is 19.7. The Morgan fingerprint density at radius 2 is 1.00 bits per heavy atom. The first-order valence-corrected chi connectivity index (χ1v) is 12.8. The van der Waals surface area contributed by atoms with Crippen LogP contribution in [0.3, 0.4) is 0 Å². The average Bonchev–Trinajstić information content (AvgIpc) is 2.68. The van der Waals surface area contributed by atoms with E-state index in [9.17, 15) is 9.59 Å². The average molecular weight is 411 g/mol. The number of rotatable bonds is 23. The Balaban J connectivity index is 3.20. The summed E-state index contributed by atoms with van der Waals surface area (Å²) < 4.78 is 0. The second-order valence-corrected chi connectivity index (χ2v) is 9.19. The van der Waals surface area contributed by atoms with E-state index >= 15 is 0 Å². The molecule has 0 aromatic carbocycles. The minimum absolute atomic E-state index is 0.104. The number of hydrogen-bond donors (Lipinski definition) is 1. The molecule has 0 aliphatic heterocycles. The van der Waals surface area contributed by atoms with Gasteiger partial charge in [-0.25, -0.2) is 0 Å². The molecule has 1 atom stereocenters. The van der Waals surface area contributed by atoms with Crippen LogP contribution in [0.2, 0.25) is 0 Å². The Kier molecular flexibility index (Phi) is 21.2. The summed E-state index contributed by atoms with van der Waals surface area (Å²) >= 11 is 0. The summed E-state index contributed by atoms with van der Waals surface area (Å²) in [4.78, 5) is 22.5. The van der Waals surface area contributed by atoms with Gasteiger partial charge in [-0.05, 0) is 18.8 Å². The highest BCUT2D eigenvalue weighted by Crippen LogP contribution is 2.15. The second kappa shape index (κ2) is 21.8. The summed E-state index contributed by atoms with van der Waals surface area (Å²) in [7, 11) is 0. The van der Waals surface area contributed by atoms with Crippen LogP contribution in [0.4, 0.5) is 0 Å². The largest absolute Gasteiger partial charge is 0.481 e. The van der Waals surface area contributed by atoms with Gasteiger partial charge in [0.05, 0.1) is 0 Å². The Morgan fingerprint density at radius 3 is 1.38 bits per heavy atom. The highest BCUT2D eigenvalue weighted by molar-refractivity contribution is 5.78. The van der Waals surface area contributed by atoms with Crippen molar-refractivity contribution in [1.82, 2.24) is 0 Å². The van der Waals surface area contributed by atoms with E-state index < -0.39 is 5.97 Å². The quantitative estimate of drug-likeness (QED) is 0.172. The Morgan fingerprint density at radius 1 is 0.621 bits per heavy atom. The number of aliphatic carboxylic acids is 1. The van der Waals surface area contributed by atoms with Gasteiger partial charge in [0.2, 0.25) is 0 Å². The molecule has 0 saturated carbocycles. The van der Waals surface area contributed by atoms with Gasteiger partial charge < -0.3 is 5.11 Å². The maximum atomic E-state index is 11.8. The Hall–Kier alpha value is -0.860. The van der Waals surface area contributed by atoms with Gasteiger partial charge in [-0.1, -0.05) is 117 Å². The minimum Gasteiger partial charge on any atom is -0.481 e. The molecule has 0 aromatic rings. The van der Waals surface area contributed by atoms with Crippen LogP contribution in [0.5, 0.6) is 0 Å². The zero-order valence-corrected chi connectivity index (χ0v) is 19.7. The van der Waals surface area contributed by atoms with Gasteiger partial charge >= 0.3 is 5.97 Å². The first-order chi connectivity index (χ1) is 14.1. The van der Waals surface area contributed by atoms with Gasteiger partial charge in [-0.15, -0.1) is 0 Å². The van der Waals surface area contributed by atoms with E-state index in [2.05, 4.69) is 6.92 Å². The topological polar surface area (TPSA) is 54.4 Å². The third-order valence-electron chi connectivity index (χ3n) is 6.00. The maximum absolute atomic E-state index is 11.8. The van der Waals surface area contributed by atoms with Crippen LogP contribution in [0.25, 0.3) is 0 Å². The van der Waals surface area contributed by atoms with Crippen molar-refractivity contribution in [2.45, 2.75) is 149 Å². The van der Waals surface area contributed by atoms with E-state index in [4.69, 9.17) is 5.11 Å². The van der Waals surface area contributed by atoms with Crippen molar-refractivity contribution in [3.8, 4) is 0 Å². The number of Topliss-reactive ketones (excluding diaryl/α,β-unsaturated/α-hetero) is 1. The molecule has 29 heavy (non-hydrogen) atoms. The Labute approximate surface area is 181 Å². The van der Waals surface area contributed by atoms with Crippen LogP contribution in [0.1, 0.15) is 149 Å². The van der Waals surface area contributed by atoms with E-state index in [0.717, 1.165) is 12.8 Å². The van der Waals surface area contributed by atoms with Gasteiger partial charge in [-0.2, -0.15) is 0 Å². The molecule has 0 amide bonds. The lowest BCUT2D eigenvalue weighted by Crippen LogP contribution is -2.07. The van der Waals surface area contributed by atoms with Crippen molar-refractivity contribution in [2.24, 2.45) is 5.92 Å². The Bertz CT molecular complexity index is 378. The molecule has 0 spiro atoms. The lowest BCUT2D eigenvalue weighted by molar-refractivity contribution is -0.138.